The molecule has 1 N–H and O–H groups in total. The number of methoxy groups -OCH3 is 1. The van der Waals surface area contributed by atoms with Crippen molar-refractivity contribution >= 4 is 53.6 Å². The molecule has 0 amide bonds. The highest BCUT2D eigenvalue weighted by molar-refractivity contribution is 9.10. The molecular formula is C46H42BrFN4O9S2. The van der Waals surface area contributed by atoms with Crippen molar-refractivity contribution < 1.29 is 45.8 Å². The summed E-state index contributed by atoms with van der Waals surface area (Å²) in [6, 6.07) is 26.9. The number of aliphatic hydroxyl groups excluding tert-OH is 1. The quantitative estimate of drug-likeness (QED) is 0.0603. The largest absolute Gasteiger partial charge is 0.496 e. The number of hydrogen-bond donors (Lipinski definition) is 1. The monoisotopic (exact) mass is 956 g/mol. The number of hydrogen-bond acceptors (Lipinski definition) is 14. The molecule has 3 aromatic heterocycles. The Hall–Kier alpha value is -5.85. The number of rotatable bonds is 19. The van der Waals surface area contributed by atoms with E-state index in [0.29, 0.717) is 55.3 Å². The Morgan fingerprint density at radius 3 is 2.49 bits per heavy atom. The molecule has 0 aliphatic carbocycles. The van der Waals surface area contributed by atoms with Gasteiger partial charge >= 0.3 is 5.97 Å². The van der Waals surface area contributed by atoms with Gasteiger partial charge in [0, 0.05) is 12.6 Å². The van der Waals surface area contributed by atoms with Crippen LogP contribution in [0.1, 0.15) is 35.7 Å². The molecule has 0 radical (unpaired) electrons. The lowest BCUT2D eigenvalue weighted by atomic mass is 10.00. The number of ether oxygens (including phenoxy) is 4. The molecule has 3 heterocycles. The first-order valence-electron chi connectivity index (χ1n) is 19.8. The number of halogens is 2. The van der Waals surface area contributed by atoms with E-state index in [-0.39, 0.29) is 42.6 Å². The third kappa shape index (κ3) is 11.2. The minimum atomic E-state index is -4.08. The first kappa shape index (κ1) is 45.2. The summed E-state index contributed by atoms with van der Waals surface area (Å²) < 4.78 is 69.0. The molecule has 2 atom stereocenters. The van der Waals surface area contributed by atoms with Gasteiger partial charge in [0.1, 0.15) is 35.1 Å². The van der Waals surface area contributed by atoms with Gasteiger partial charge in [0.15, 0.2) is 5.82 Å². The van der Waals surface area contributed by atoms with Gasteiger partial charge in [-0.25, -0.2) is 29.1 Å². The minimum Gasteiger partial charge on any atom is -0.496 e. The van der Waals surface area contributed by atoms with Crippen LogP contribution in [0.15, 0.2) is 119 Å². The smallest absolute Gasteiger partial charge is 0.347 e. The maximum Gasteiger partial charge on any atom is 0.347 e. The van der Waals surface area contributed by atoms with Crippen LogP contribution in [0.3, 0.4) is 0 Å². The van der Waals surface area contributed by atoms with E-state index in [1.54, 1.807) is 56.6 Å². The van der Waals surface area contributed by atoms with Crippen LogP contribution in [0.5, 0.6) is 17.4 Å². The Kier molecular flexibility index (Phi) is 14.7. The first-order chi connectivity index (χ1) is 30.4. The maximum atomic E-state index is 13.8. The van der Waals surface area contributed by atoms with Crippen molar-refractivity contribution in [2.24, 2.45) is 0 Å². The molecule has 7 aromatic rings. The third-order valence-corrected chi connectivity index (χ3v) is 13.3. The zero-order valence-corrected chi connectivity index (χ0v) is 37.6. The first-order valence-corrected chi connectivity index (χ1v) is 22.8. The SMILES string of the molecule is CCOC(=O)[C@@H](Cc1cc(CC[C@H](O)COS(=O)(=O)c2ccc(C)cc2)ccc1OCc1ccnc(-c2ccccc2OC)n1)Oc1ncnc2sc(-c3ccc(F)cc3)c(Br)c12. The fraction of sp³-hybridized carbons (Fsp3) is 0.239. The molecule has 13 nitrogen and oxygen atoms in total. The van der Waals surface area contributed by atoms with Gasteiger partial charge in [0.05, 0.1) is 57.3 Å². The van der Waals surface area contributed by atoms with E-state index in [9.17, 15) is 22.7 Å². The number of nitrogens with zero attached hydrogens (tertiary/aromatic N) is 4. The standard InChI is InChI=1S/C46H42BrFN4O9S2/c1-4-58-46(54)39(61-44-40-41(47)42(62-45(40)51-27-50-44)30-13-15-32(48)16-14-30)24-31-23-29(11-17-34(53)26-60-63(55,56)35-18-9-28(2)10-19-35)12-20-37(31)59-25-33-21-22-49-43(52-33)36-7-5-6-8-38(36)57-3/h5-10,12-16,18-23,27,34,39,53H,4,11,17,24-26H2,1-3H3/t34-,39+/m0/s1. The molecule has 17 heteroatoms. The zero-order valence-electron chi connectivity index (χ0n) is 34.4. The third-order valence-electron chi connectivity index (χ3n) is 9.76. The van der Waals surface area contributed by atoms with Crippen LogP contribution in [0.4, 0.5) is 4.39 Å². The number of aromatic nitrogens is 4. The second-order valence-corrected chi connectivity index (χ2v) is 17.6. The molecule has 0 saturated carbocycles. The second-order valence-electron chi connectivity index (χ2n) is 14.2. The summed E-state index contributed by atoms with van der Waals surface area (Å²) in [5.74, 6) is 0.601. The zero-order chi connectivity index (χ0) is 44.5. The molecule has 0 aliphatic heterocycles. The van der Waals surface area contributed by atoms with Crippen molar-refractivity contribution in [1.29, 1.82) is 0 Å². The van der Waals surface area contributed by atoms with Crippen LogP contribution in [-0.2, 0) is 43.3 Å². The van der Waals surface area contributed by atoms with Crippen LogP contribution in [-0.4, -0.2) is 72.0 Å². The van der Waals surface area contributed by atoms with Crippen molar-refractivity contribution in [3.63, 3.8) is 0 Å². The molecule has 326 valence electrons. The molecule has 63 heavy (non-hydrogen) atoms. The predicted molar refractivity (Wildman–Crippen MR) is 239 cm³/mol. The molecule has 0 saturated heterocycles. The Morgan fingerprint density at radius 2 is 1.73 bits per heavy atom. The van der Waals surface area contributed by atoms with E-state index in [2.05, 4.69) is 30.9 Å². The van der Waals surface area contributed by atoms with Gasteiger partial charge in [-0.3, -0.25) is 4.18 Å². The summed E-state index contributed by atoms with van der Waals surface area (Å²) in [6.45, 7) is 3.22. The molecule has 0 spiro atoms. The lowest BCUT2D eigenvalue weighted by Crippen LogP contribution is -2.32. The van der Waals surface area contributed by atoms with Crippen molar-refractivity contribution in [2.75, 3.05) is 20.3 Å². The van der Waals surface area contributed by atoms with Crippen molar-refractivity contribution in [3.05, 3.63) is 142 Å². The molecule has 0 aliphatic rings. The predicted octanol–water partition coefficient (Wildman–Crippen LogP) is 8.87. The Balaban J connectivity index is 1.16. The number of benzene rings is 4. The van der Waals surface area contributed by atoms with E-state index >= 15 is 0 Å². The molecular weight excluding hydrogens is 916 g/mol. The van der Waals surface area contributed by atoms with E-state index < -0.39 is 34.9 Å². The average Bonchev–Trinajstić information content (AvgIpc) is 3.64. The maximum absolute atomic E-state index is 13.8. The van der Waals surface area contributed by atoms with E-state index in [1.807, 2.05) is 43.3 Å². The summed E-state index contributed by atoms with van der Waals surface area (Å²) >= 11 is 5.03. The minimum absolute atomic E-state index is 0.000686. The summed E-state index contributed by atoms with van der Waals surface area (Å²) in [5, 5.41) is 11.4. The summed E-state index contributed by atoms with van der Waals surface area (Å²) in [6.07, 6.45) is 1.10. The molecule has 4 aromatic carbocycles. The lowest BCUT2D eigenvalue weighted by Gasteiger charge is -2.20. The number of aryl methyl sites for hydroxylation is 2. The summed E-state index contributed by atoms with van der Waals surface area (Å²) in [5.41, 5.74) is 4.26. The van der Waals surface area contributed by atoms with Crippen LogP contribution >= 0.6 is 27.3 Å². The van der Waals surface area contributed by atoms with Crippen LogP contribution in [0, 0.1) is 12.7 Å². The van der Waals surface area contributed by atoms with Gasteiger partial charge in [0.2, 0.25) is 12.0 Å². The molecule has 0 fully saturated rings. The van der Waals surface area contributed by atoms with E-state index in [4.69, 9.17) is 28.1 Å². The topological polar surface area (TPSA) is 169 Å². The van der Waals surface area contributed by atoms with E-state index in [0.717, 1.165) is 21.6 Å². The van der Waals surface area contributed by atoms with Gasteiger partial charge in [-0.1, -0.05) is 54.1 Å². The van der Waals surface area contributed by atoms with Gasteiger partial charge in [0.25, 0.3) is 10.1 Å². The number of para-hydroxylation sites is 1. The Morgan fingerprint density at radius 1 is 0.952 bits per heavy atom. The molecule has 7 rings (SSSR count). The molecule has 0 unspecified atom stereocenters. The number of thiophene rings is 1. The average molecular weight is 958 g/mol. The van der Waals surface area contributed by atoms with Gasteiger partial charge in [-0.15, -0.1) is 11.3 Å². The van der Waals surface area contributed by atoms with Crippen LogP contribution < -0.4 is 14.2 Å². The highest BCUT2D eigenvalue weighted by Gasteiger charge is 2.28. The lowest BCUT2D eigenvalue weighted by molar-refractivity contribution is -0.151. The molecule has 0 bridgehead atoms. The fourth-order valence-electron chi connectivity index (χ4n) is 6.53. The number of aliphatic hydroxyl groups is 1. The number of carbonyl (C=O) groups is 1. The van der Waals surface area contributed by atoms with Gasteiger partial charge in [-0.05, 0) is 108 Å². The second kappa shape index (κ2) is 20.6. The van der Waals surface area contributed by atoms with Crippen LogP contribution in [0.25, 0.3) is 32.0 Å². The normalized spacial score (nSPS) is 12.5. The summed E-state index contributed by atoms with van der Waals surface area (Å²) in [4.78, 5) is 33.1. The number of carbonyl (C=O) groups excluding carboxylic acids is 1. The fourth-order valence-corrected chi connectivity index (χ4v) is 9.46. The Labute approximate surface area is 376 Å². The van der Waals surface area contributed by atoms with Crippen molar-refractivity contribution in [3.8, 4) is 39.2 Å². The van der Waals surface area contributed by atoms with E-state index in [1.165, 1.54) is 41.9 Å². The highest BCUT2D eigenvalue weighted by atomic mass is 79.9. The van der Waals surface area contributed by atoms with Crippen molar-refractivity contribution in [1.82, 2.24) is 19.9 Å². The van der Waals surface area contributed by atoms with Gasteiger partial charge in [-0.2, -0.15) is 8.42 Å². The van der Waals surface area contributed by atoms with Crippen LogP contribution in [0.2, 0.25) is 0 Å². The summed E-state index contributed by atoms with van der Waals surface area (Å²) in [7, 11) is -2.50. The van der Waals surface area contributed by atoms with Crippen molar-refractivity contribution in [2.45, 2.75) is 56.8 Å². The highest BCUT2D eigenvalue weighted by Crippen LogP contribution is 2.44. The Bertz CT molecular complexity index is 2810. The number of fused-ring (bicyclic) bond motifs is 1. The van der Waals surface area contributed by atoms with Gasteiger partial charge < -0.3 is 24.1 Å². The number of esters is 1.